The van der Waals surface area contributed by atoms with Crippen molar-refractivity contribution in [3.8, 4) is 0 Å². The number of thiophene rings is 1. The molecule has 24 heavy (non-hydrogen) atoms. The van der Waals surface area contributed by atoms with Crippen LogP contribution in [0.2, 0.25) is 0 Å². The number of piperazine rings is 1. The monoisotopic (exact) mass is 395 g/mol. The van der Waals surface area contributed by atoms with E-state index in [0.29, 0.717) is 55.7 Å². The summed E-state index contributed by atoms with van der Waals surface area (Å²) in [7, 11) is -3.37. The van der Waals surface area contributed by atoms with E-state index in [1.165, 1.54) is 15.6 Å². The van der Waals surface area contributed by atoms with Gasteiger partial charge in [-0.05, 0) is 24.5 Å². The highest BCUT2D eigenvalue weighted by atomic mass is 35.5. The third kappa shape index (κ3) is 6.00. The van der Waals surface area contributed by atoms with Gasteiger partial charge in [-0.3, -0.25) is 4.79 Å². The van der Waals surface area contributed by atoms with Gasteiger partial charge in [0.2, 0.25) is 5.91 Å². The van der Waals surface area contributed by atoms with Gasteiger partial charge in [-0.1, -0.05) is 13.8 Å². The summed E-state index contributed by atoms with van der Waals surface area (Å²) in [4.78, 5) is 12.6. The van der Waals surface area contributed by atoms with E-state index in [2.05, 4.69) is 10.6 Å². The standard InChI is InChI=1S/C15H25N3O3S2.ClH/c1-12(2)11-14(19)17-6-5-13-3-4-15(22-13)23(20,21)18-9-7-16-8-10-18;/h3-4,12,16H,5-11H2,1-2H3,(H,17,19);1H. The number of rotatable bonds is 7. The lowest BCUT2D eigenvalue weighted by Gasteiger charge is -2.25. The first-order chi connectivity index (χ1) is 10.9. The molecule has 1 saturated heterocycles. The number of carbonyl (C=O) groups is 1. The Bertz CT molecular complexity index is 626. The van der Waals surface area contributed by atoms with Crippen LogP contribution in [0.25, 0.3) is 0 Å². The van der Waals surface area contributed by atoms with Gasteiger partial charge in [0.1, 0.15) is 4.21 Å². The van der Waals surface area contributed by atoms with Crippen LogP contribution in [0.1, 0.15) is 25.1 Å². The minimum absolute atomic E-state index is 0. The summed E-state index contributed by atoms with van der Waals surface area (Å²) in [5, 5.41) is 6.03. The highest BCUT2D eigenvalue weighted by Gasteiger charge is 2.27. The summed E-state index contributed by atoms with van der Waals surface area (Å²) in [6.07, 6.45) is 1.18. The van der Waals surface area contributed by atoms with Gasteiger partial charge in [0, 0.05) is 44.0 Å². The number of hydrogen-bond donors (Lipinski definition) is 2. The summed E-state index contributed by atoms with van der Waals surface area (Å²) in [6, 6.07) is 3.52. The lowest BCUT2D eigenvalue weighted by molar-refractivity contribution is -0.121. The molecule has 1 aromatic heterocycles. The molecule has 0 saturated carbocycles. The summed E-state index contributed by atoms with van der Waals surface area (Å²) in [5.41, 5.74) is 0. The first-order valence-electron chi connectivity index (χ1n) is 7.96. The Morgan fingerprint density at radius 2 is 2.00 bits per heavy atom. The summed E-state index contributed by atoms with van der Waals surface area (Å²) < 4.78 is 27.0. The van der Waals surface area contributed by atoms with E-state index in [4.69, 9.17) is 0 Å². The normalized spacial score (nSPS) is 16.0. The minimum atomic E-state index is -3.37. The smallest absolute Gasteiger partial charge is 0.252 e. The number of sulfonamides is 1. The maximum Gasteiger partial charge on any atom is 0.252 e. The Labute approximate surface area is 154 Å². The summed E-state index contributed by atoms with van der Waals surface area (Å²) >= 11 is 1.30. The fourth-order valence-electron chi connectivity index (χ4n) is 2.41. The SMILES string of the molecule is CC(C)CC(=O)NCCc1ccc(S(=O)(=O)N2CCNCC2)s1.Cl. The Balaban J connectivity index is 0.00000288. The van der Waals surface area contributed by atoms with E-state index >= 15 is 0 Å². The van der Waals surface area contributed by atoms with Crippen molar-refractivity contribution in [2.45, 2.75) is 30.9 Å². The predicted octanol–water partition coefficient (Wildman–Crippen LogP) is 1.47. The fourth-order valence-corrected chi connectivity index (χ4v) is 5.36. The van der Waals surface area contributed by atoms with Crippen LogP contribution in [-0.2, 0) is 21.2 Å². The quantitative estimate of drug-likeness (QED) is 0.732. The van der Waals surface area contributed by atoms with E-state index in [1.54, 1.807) is 6.07 Å². The number of carbonyl (C=O) groups excluding carboxylic acids is 1. The highest BCUT2D eigenvalue weighted by Crippen LogP contribution is 2.25. The molecular weight excluding hydrogens is 370 g/mol. The average Bonchev–Trinajstić information content (AvgIpc) is 2.97. The molecule has 2 N–H and O–H groups in total. The van der Waals surface area contributed by atoms with Gasteiger partial charge in [-0.2, -0.15) is 4.31 Å². The molecule has 0 radical (unpaired) electrons. The third-order valence-electron chi connectivity index (χ3n) is 3.59. The first-order valence-corrected chi connectivity index (χ1v) is 10.2. The second-order valence-electron chi connectivity index (χ2n) is 6.07. The van der Waals surface area contributed by atoms with Gasteiger partial charge < -0.3 is 10.6 Å². The highest BCUT2D eigenvalue weighted by molar-refractivity contribution is 7.91. The van der Waals surface area contributed by atoms with Gasteiger partial charge in [0.25, 0.3) is 10.0 Å². The molecule has 2 heterocycles. The van der Waals surface area contributed by atoms with Crippen molar-refractivity contribution >= 4 is 39.7 Å². The number of halogens is 1. The number of amides is 1. The van der Waals surface area contributed by atoms with Crippen molar-refractivity contribution in [2.24, 2.45) is 5.92 Å². The fraction of sp³-hybridized carbons (Fsp3) is 0.667. The molecule has 0 atom stereocenters. The Kier molecular flexibility index (Phi) is 8.66. The first kappa shape index (κ1) is 21.4. The molecule has 0 aromatic carbocycles. The molecule has 1 aromatic rings. The maximum absolute atomic E-state index is 12.5. The molecule has 1 aliphatic rings. The molecule has 138 valence electrons. The molecule has 0 spiro atoms. The van der Waals surface area contributed by atoms with Crippen LogP contribution < -0.4 is 10.6 Å². The molecule has 1 aliphatic heterocycles. The zero-order valence-electron chi connectivity index (χ0n) is 14.1. The summed E-state index contributed by atoms with van der Waals surface area (Å²) in [6.45, 7) is 6.97. The van der Waals surface area contributed by atoms with Crippen LogP contribution in [0.5, 0.6) is 0 Å². The predicted molar refractivity (Wildman–Crippen MR) is 99.4 cm³/mol. The van der Waals surface area contributed by atoms with Gasteiger partial charge in [0.15, 0.2) is 0 Å². The van der Waals surface area contributed by atoms with E-state index in [-0.39, 0.29) is 18.3 Å². The number of nitrogens with zero attached hydrogens (tertiary/aromatic N) is 1. The molecule has 0 unspecified atom stereocenters. The van der Waals surface area contributed by atoms with Crippen molar-refractivity contribution in [3.05, 3.63) is 17.0 Å². The second kappa shape index (κ2) is 9.72. The molecule has 6 nitrogen and oxygen atoms in total. The number of hydrogen-bond acceptors (Lipinski definition) is 5. The average molecular weight is 396 g/mol. The van der Waals surface area contributed by atoms with E-state index in [0.717, 1.165) is 4.88 Å². The van der Waals surface area contributed by atoms with Crippen molar-refractivity contribution in [1.29, 1.82) is 0 Å². The van der Waals surface area contributed by atoms with E-state index in [9.17, 15) is 13.2 Å². The third-order valence-corrected chi connectivity index (χ3v) is 7.11. The van der Waals surface area contributed by atoms with Crippen LogP contribution in [-0.4, -0.2) is 51.4 Å². The lowest BCUT2D eigenvalue weighted by Crippen LogP contribution is -2.46. The van der Waals surface area contributed by atoms with Gasteiger partial charge in [-0.15, -0.1) is 23.7 Å². The molecule has 0 aliphatic carbocycles. The van der Waals surface area contributed by atoms with Gasteiger partial charge >= 0.3 is 0 Å². The van der Waals surface area contributed by atoms with Crippen LogP contribution in [0.15, 0.2) is 16.3 Å². The van der Waals surface area contributed by atoms with E-state index in [1.807, 2.05) is 19.9 Å². The van der Waals surface area contributed by atoms with Crippen molar-refractivity contribution in [1.82, 2.24) is 14.9 Å². The molecule has 0 bridgehead atoms. The molecule has 1 fully saturated rings. The van der Waals surface area contributed by atoms with Crippen LogP contribution in [0.3, 0.4) is 0 Å². The van der Waals surface area contributed by atoms with Gasteiger partial charge in [0.05, 0.1) is 0 Å². The van der Waals surface area contributed by atoms with E-state index < -0.39 is 10.0 Å². The van der Waals surface area contributed by atoms with Gasteiger partial charge in [-0.25, -0.2) is 8.42 Å². The Morgan fingerprint density at radius 3 is 2.62 bits per heavy atom. The second-order valence-corrected chi connectivity index (χ2v) is 9.41. The molecular formula is C15H26ClN3O3S2. The zero-order valence-corrected chi connectivity index (χ0v) is 16.5. The Hall–Kier alpha value is -0.670. The largest absolute Gasteiger partial charge is 0.356 e. The Morgan fingerprint density at radius 1 is 1.33 bits per heavy atom. The van der Waals surface area contributed by atoms with Crippen molar-refractivity contribution < 1.29 is 13.2 Å². The maximum atomic E-state index is 12.5. The molecule has 9 heteroatoms. The summed E-state index contributed by atoms with van der Waals surface area (Å²) in [5.74, 6) is 0.387. The van der Waals surface area contributed by atoms with Crippen LogP contribution >= 0.6 is 23.7 Å². The lowest BCUT2D eigenvalue weighted by atomic mass is 10.1. The van der Waals surface area contributed by atoms with Crippen molar-refractivity contribution in [3.63, 3.8) is 0 Å². The topological polar surface area (TPSA) is 78.5 Å². The van der Waals surface area contributed by atoms with Crippen LogP contribution in [0.4, 0.5) is 0 Å². The van der Waals surface area contributed by atoms with Crippen molar-refractivity contribution in [2.75, 3.05) is 32.7 Å². The number of nitrogens with one attached hydrogen (secondary N) is 2. The molecule has 1 amide bonds. The zero-order chi connectivity index (χ0) is 16.9. The molecule has 2 rings (SSSR count). The minimum Gasteiger partial charge on any atom is -0.356 e. The van der Waals surface area contributed by atoms with Crippen LogP contribution in [0, 0.1) is 5.92 Å².